The van der Waals surface area contributed by atoms with Gasteiger partial charge >= 0.3 is 0 Å². The quantitative estimate of drug-likeness (QED) is 0.381. The number of para-hydroxylation sites is 2. The van der Waals surface area contributed by atoms with Crippen LogP contribution in [-0.2, 0) is 9.59 Å². The Morgan fingerprint density at radius 2 is 1.69 bits per heavy atom. The van der Waals surface area contributed by atoms with Gasteiger partial charge in [0.25, 0.3) is 0 Å². The summed E-state index contributed by atoms with van der Waals surface area (Å²) in [5.74, 6) is -0.721. The fraction of sp³-hybridized carbons (Fsp3) is 0.192. The first kappa shape index (κ1) is 23.7. The molecule has 1 fully saturated rings. The van der Waals surface area contributed by atoms with Crippen LogP contribution in [0.2, 0.25) is 0 Å². The second-order valence-corrected chi connectivity index (χ2v) is 9.20. The van der Waals surface area contributed by atoms with Crippen molar-refractivity contribution in [3.8, 4) is 16.8 Å². The van der Waals surface area contributed by atoms with E-state index in [4.69, 9.17) is 0 Å². The molecule has 4 aromatic rings. The summed E-state index contributed by atoms with van der Waals surface area (Å²) in [4.78, 5) is 27.9. The third-order valence-electron chi connectivity index (χ3n) is 5.99. The Labute approximate surface area is 211 Å². The zero-order valence-electron chi connectivity index (χ0n) is 19.3. The van der Waals surface area contributed by atoms with Crippen LogP contribution >= 0.6 is 11.8 Å². The van der Waals surface area contributed by atoms with Crippen LogP contribution in [0.4, 0.5) is 10.1 Å². The maximum atomic E-state index is 14.4. The molecule has 0 unspecified atom stereocenters. The van der Waals surface area contributed by atoms with Crippen molar-refractivity contribution in [1.29, 1.82) is 0 Å². The van der Waals surface area contributed by atoms with Crippen molar-refractivity contribution in [2.24, 2.45) is 0 Å². The zero-order valence-corrected chi connectivity index (χ0v) is 20.1. The lowest BCUT2D eigenvalue weighted by Crippen LogP contribution is -2.44. The highest BCUT2D eigenvalue weighted by atomic mass is 32.2. The van der Waals surface area contributed by atoms with Gasteiger partial charge in [0.1, 0.15) is 11.9 Å². The van der Waals surface area contributed by atoms with Gasteiger partial charge in [-0.3, -0.25) is 9.59 Å². The summed E-state index contributed by atoms with van der Waals surface area (Å²) in [6.45, 7) is 0.496. The molecule has 2 amide bonds. The Kier molecular flexibility index (Phi) is 7.03. The Bertz CT molecular complexity index is 1380. The highest BCUT2D eigenvalue weighted by Crippen LogP contribution is 2.31. The average molecular weight is 503 g/mol. The number of tetrazole rings is 1. The van der Waals surface area contributed by atoms with Crippen LogP contribution in [0.3, 0.4) is 0 Å². The summed E-state index contributed by atoms with van der Waals surface area (Å²) in [5.41, 5.74) is 2.29. The first-order chi connectivity index (χ1) is 17.6. The number of rotatable bonds is 7. The molecule has 3 aromatic carbocycles. The van der Waals surface area contributed by atoms with Crippen LogP contribution in [0.15, 0.2) is 84.0 Å². The van der Waals surface area contributed by atoms with E-state index in [1.54, 1.807) is 52.0 Å². The SMILES string of the molecule is O=C(Nc1ccccc1-c1ccccc1F)[C@@H]1CCCN1C(=O)CSc1nnnn1-c1ccccc1. The molecule has 1 aromatic heterocycles. The highest BCUT2D eigenvalue weighted by Gasteiger charge is 2.34. The molecule has 1 aliphatic rings. The number of likely N-dealkylation sites (tertiary alicyclic amines) is 1. The number of benzene rings is 3. The van der Waals surface area contributed by atoms with E-state index in [9.17, 15) is 14.0 Å². The number of nitrogens with zero attached hydrogens (tertiary/aromatic N) is 5. The molecule has 8 nitrogen and oxygen atoms in total. The van der Waals surface area contributed by atoms with Crippen molar-refractivity contribution in [2.45, 2.75) is 24.0 Å². The molecule has 182 valence electrons. The van der Waals surface area contributed by atoms with Crippen LogP contribution < -0.4 is 5.32 Å². The topological polar surface area (TPSA) is 93.0 Å². The standard InChI is InChI=1S/C26H23FN6O2S/c27-21-13-6-4-11-19(21)20-12-5-7-14-22(20)28-25(35)23-15-8-16-32(23)24(34)17-36-26-29-30-31-33(26)18-9-2-1-3-10-18/h1-7,9-14,23H,8,15-17H2,(H,28,35)/t23-/m0/s1. The first-order valence-corrected chi connectivity index (χ1v) is 12.5. The second-order valence-electron chi connectivity index (χ2n) is 8.26. The van der Waals surface area contributed by atoms with E-state index in [-0.39, 0.29) is 23.4 Å². The third kappa shape index (κ3) is 4.99. The molecule has 36 heavy (non-hydrogen) atoms. The zero-order chi connectivity index (χ0) is 24.9. The summed E-state index contributed by atoms with van der Waals surface area (Å²) < 4.78 is 16.0. The number of carbonyl (C=O) groups is 2. The van der Waals surface area contributed by atoms with Gasteiger partial charge in [-0.15, -0.1) is 5.10 Å². The molecular formula is C26H23FN6O2S. The number of amides is 2. The summed E-state index contributed by atoms with van der Waals surface area (Å²) in [5, 5.41) is 15.2. The third-order valence-corrected chi connectivity index (χ3v) is 6.90. The Morgan fingerprint density at radius 1 is 0.972 bits per heavy atom. The molecule has 0 radical (unpaired) electrons. The molecule has 0 spiro atoms. The molecule has 1 atom stereocenters. The van der Waals surface area contributed by atoms with Crippen LogP contribution in [0.25, 0.3) is 16.8 Å². The van der Waals surface area contributed by atoms with Gasteiger partial charge in [0.05, 0.1) is 11.4 Å². The molecule has 0 bridgehead atoms. The minimum atomic E-state index is -0.600. The number of hydrogen-bond acceptors (Lipinski definition) is 6. The predicted octanol–water partition coefficient (Wildman–Crippen LogP) is 4.19. The van der Waals surface area contributed by atoms with E-state index in [1.807, 2.05) is 30.3 Å². The second kappa shape index (κ2) is 10.7. The molecule has 0 saturated carbocycles. The van der Waals surface area contributed by atoms with Crippen molar-refractivity contribution in [3.05, 3.63) is 84.7 Å². The van der Waals surface area contributed by atoms with Gasteiger partial charge in [-0.1, -0.05) is 66.4 Å². The average Bonchev–Trinajstić information content (AvgIpc) is 3.59. The largest absolute Gasteiger partial charge is 0.330 e. The van der Waals surface area contributed by atoms with E-state index < -0.39 is 6.04 Å². The number of anilines is 1. The molecule has 5 rings (SSSR count). The fourth-order valence-corrected chi connectivity index (χ4v) is 5.05. The molecule has 1 N–H and O–H groups in total. The smallest absolute Gasteiger partial charge is 0.247 e. The number of aromatic nitrogens is 4. The minimum absolute atomic E-state index is 0.100. The van der Waals surface area contributed by atoms with Gasteiger partial charge in [-0.2, -0.15) is 4.68 Å². The van der Waals surface area contributed by atoms with Crippen LogP contribution in [0, 0.1) is 5.82 Å². The van der Waals surface area contributed by atoms with Crippen molar-refractivity contribution in [1.82, 2.24) is 25.1 Å². The Morgan fingerprint density at radius 3 is 2.50 bits per heavy atom. The van der Waals surface area contributed by atoms with E-state index >= 15 is 0 Å². The summed E-state index contributed by atoms with van der Waals surface area (Å²) in [6.07, 6.45) is 1.29. The lowest BCUT2D eigenvalue weighted by atomic mass is 10.0. The summed E-state index contributed by atoms with van der Waals surface area (Å²) in [6, 6.07) is 22.3. The summed E-state index contributed by atoms with van der Waals surface area (Å²) >= 11 is 1.22. The normalized spacial score (nSPS) is 15.1. The van der Waals surface area contributed by atoms with Gasteiger partial charge in [0.15, 0.2) is 0 Å². The molecule has 2 heterocycles. The Hall–Kier alpha value is -4.05. The van der Waals surface area contributed by atoms with Crippen molar-refractivity contribution >= 4 is 29.3 Å². The maximum absolute atomic E-state index is 14.4. The van der Waals surface area contributed by atoms with Gasteiger partial charge in [-0.25, -0.2) is 4.39 Å². The molecule has 1 aliphatic heterocycles. The van der Waals surface area contributed by atoms with E-state index in [2.05, 4.69) is 20.8 Å². The monoisotopic (exact) mass is 502 g/mol. The number of thioether (sulfide) groups is 1. The van der Waals surface area contributed by atoms with Crippen LogP contribution in [0.5, 0.6) is 0 Å². The van der Waals surface area contributed by atoms with Crippen LogP contribution in [0.1, 0.15) is 12.8 Å². The Balaban J connectivity index is 1.27. The van der Waals surface area contributed by atoms with E-state index in [1.165, 1.54) is 17.8 Å². The lowest BCUT2D eigenvalue weighted by Gasteiger charge is -2.24. The van der Waals surface area contributed by atoms with Crippen molar-refractivity contribution in [2.75, 3.05) is 17.6 Å². The lowest BCUT2D eigenvalue weighted by molar-refractivity contribution is -0.134. The number of halogens is 1. The maximum Gasteiger partial charge on any atom is 0.247 e. The minimum Gasteiger partial charge on any atom is -0.330 e. The van der Waals surface area contributed by atoms with Gasteiger partial charge in [-0.05, 0) is 47.5 Å². The van der Waals surface area contributed by atoms with Gasteiger partial charge in [0.2, 0.25) is 17.0 Å². The van der Waals surface area contributed by atoms with Crippen molar-refractivity contribution < 1.29 is 14.0 Å². The molecular weight excluding hydrogens is 479 g/mol. The van der Waals surface area contributed by atoms with E-state index in [0.717, 1.165) is 12.1 Å². The predicted molar refractivity (Wildman–Crippen MR) is 135 cm³/mol. The number of hydrogen-bond donors (Lipinski definition) is 1. The van der Waals surface area contributed by atoms with Crippen LogP contribution in [-0.4, -0.2) is 55.3 Å². The molecule has 0 aliphatic carbocycles. The van der Waals surface area contributed by atoms with E-state index in [0.29, 0.717) is 34.9 Å². The molecule has 1 saturated heterocycles. The number of carbonyl (C=O) groups excluding carboxylic acids is 2. The summed E-state index contributed by atoms with van der Waals surface area (Å²) in [7, 11) is 0. The molecule has 10 heteroatoms. The van der Waals surface area contributed by atoms with Crippen molar-refractivity contribution in [3.63, 3.8) is 0 Å². The van der Waals surface area contributed by atoms with Gasteiger partial charge in [0, 0.05) is 23.4 Å². The fourth-order valence-electron chi connectivity index (χ4n) is 4.27. The number of nitrogens with one attached hydrogen (secondary N) is 1. The highest BCUT2D eigenvalue weighted by molar-refractivity contribution is 7.99. The van der Waals surface area contributed by atoms with Gasteiger partial charge < -0.3 is 10.2 Å². The first-order valence-electron chi connectivity index (χ1n) is 11.5.